The van der Waals surface area contributed by atoms with E-state index in [1.807, 2.05) is 18.2 Å². The Morgan fingerprint density at radius 3 is 2.73 bits per heavy atom. The number of halogens is 3. The zero-order valence-corrected chi connectivity index (χ0v) is 17.9. The van der Waals surface area contributed by atoms with E-state index in [4.69, 9.17) is 0 Å². The Kier molecular flexibility index (Phi) is 8.77. The third kappa shape index (κ3) is 5.56. The molecule has 3 N–H and O–H groups in total. The van der Waals surface area contributed by atoms with Gasteiger partial charge in [-0.2, -0.15) is 0 Å². The maximum Gasteiger partial charge on any atom is 0.237 e. The van der Waals surface area contributed by atoms with Crippen LogP contribution in [0.2, 0.25) is 0 Å². The average molecular weight is 452 g/mol. The maximum absolute atomic E-state index is 13.7. The fraction of sp³-hybridized carbons (Fsp3) is 0.286. The van der Waals surface area contributed by atoms with Crippen LogP contribution in [0.1, 0.15) is 25.1 Å². The molecule has 0 saturated carbocycles. The van der Waals surface area contributed by atoms with Crippen LogP contribution >= 0.6 is 24.8 Å². The lowest BCUT2D eigenvalue weighted by atomic mass is 10.0. The van der Waals surface area contributed by atoms with Gasteiger partial charge in [0.1, 0.15) is 11.6 Å². The molecule has 1 aromatic carbocycles. The summed E-state index contributed by atoms with van der Waals surface area (Å²) in [6.07, 6.45) is 4.70. The van der Waals surface area contributed by atoms with Crippen molar-refractivity contribution in [1.82, 2.24) is 25.6 Å². The predicted molar refractivity (Wildman–Crippen MR) is 119 cm³/mol. The monoisotopic (exact) mass is 451 g/mol. The minimum Gasteiger partial charge on any atom is -0.348 e. The highest BCUT2D eigenvalue weighted by Crippen LogP contribution is 2.29. The van der Waals surface area contributed by atoms with Crippen LogP contribution in [0.3, 0.4) is 0 Å². The Labute approximate surface area is 186 Å². The molecule has 1 aliphatic rings. The van der Waals surface area contributed by atoms with E-state index < -0.39 is 0 Å². The van der Waals surface area contributed by atoms with E-state index in [9.17, 15) is 9.18 Å². The van der Waals surface area contributed by atoms with Gasteiger partial charge in [-0.25, -0.2) is 9.37 Å². The zero-order chi connectivity index (χ0) is 19.3. The predicted octanol–water partition coefficient (Wildman–Crippen LogP) is 3.88. The number of piperidine rings is 1. The van der Waals surface area contributed by atoms with Crippen LogP contribution in [0.25, 0.3) is 22.6 Å². The van der Waals surface area contributed by atoms with Crippen molar-refractivity contribution in [2.24, 2.45) is 0 Å². The normalized spacial score (nSPS) is 15.6. The number of H-pyrrole nitrogens is 1. The molecule has 1 saturated heterocycles. The molecule has 1 fully saturated rings. The minimum atomic E-state index is -0.328. The average Bonchev–Trinajstić information content (AvgIpc) is 3.18. The van der Waals surface area contributed by atoms with Crippen molar-refractivity contribution in [3.05, 3.63) is 60.3 Å². The summed E-state index contributed by atoms with van der Waals surface area (Å²) in [4.78, 5) is 24.6. The van der Waals surface area contributed by atoms with E-state index in [0.717, 1.165) is 25.8 Å². The number of amides is 1. The number of aromatic amines is 1. The fourth-order valence-corrected chi connectivity index (χ4v) is 3.42. The highest BCUT2D eigenvalue weighted by molar-refractivity contribution is 5.85. The van der Waals surface area contributed by atoms with Gasteiger partial charge in [-0.05, 0) is 43.7 Å². The molecule has 0 aliphatic carbocycles. The van der Waals surface area contributed by atoms with E-state index in [1.54, 1.807) is 18.3 Å². The molecule has 0 unspecified atom stereocenters. The van der Waals surface area contributed by atoms with Crippen LogP contribution in [0.4, 0.5) is 4.39 Å². The van der Waals surface area contributed by atoms with E-state index in [2.05, 4.69) is 25.6 Å². The van der Waals surface area contributed by atoms with Crippen molar-refractivity contribution in [1.29, 1.82) is 0 Å². The SMILES string of the molecule is Cl.Cl.O=C(NCc1nc(-c2cccc(F)c2)c(-c2ccccn2)[nH]1)[C@@H]1CCCCN1. The quantitative estimate of drug-likeness (QED) is 0.549. The summed E-state index contributed by atoms with van der Waals surface area (Å²) in [7, 11) is 0. The van der Waals surface area contributed by atoms with Gasteiger partial charge in [0.05, 0.1) is 29.7 Å². The number of imidazole rings is 1. The standard InChI is InChI=1S/C21H22FN5O.2ClH/c22-15-7-5-6-14(12-15)19-20(16-8-1-3-10-23-16)27-18(26-19)13-25-21(28)17-9-2-4-11-24-17;;/h1,3,5-8,10,12,17,24H,2,4,9,11,13H2,(H,25,28)(H,26,27);2*1H/t17-;;/m0../s1. The molecule has 30 heavy (non-hydrogen) atoms. The summed E-state index contributed by atoms with van der Waals surface area (Å²) in [5.74, 6) is 0.248. The maximum atomic E-state index is 13.7. The second-order valence-electron chi connectivity index (χ2n) is 6.85. The number of benzene rings is 1. The largest absolute Gasteiger partial charge is 0.348 e. The molecular weight excluding hydrogens is 428 g/mol. The second kappa shape index (κ2) is 11.1. The fourth-order valence-electron chi connectivity index (χ4n) is 3.42. The Morgan fingerprint density at radius 2 is 2.03 bits per heavy atom. The van der Waals surface area contributed by atoms with Crippen molar-refractivity contribution in [3.8, 4) is 22.6 Å². The molecule has 1 aliphatic heterocycles. The van der Waals surface area contributed by atoms with Gasteiger partial charge >= 0.3 is 0 Å². The third-order valence-corrected chi connectivity index (χ3v) is 4.83. The topological polar surface area (TPSA) is 82.7 Å². The van der Waals surface area contributed by atoms with E-state index in [0.29, 0.717) is 28.5 Å². The van der Waals surface area contributed by atoms with Gasteiger partial charge in [0.15, 0.2) is 0 Å². The summed E-state index contributed by atoms with van der Waals surface area (Å²) in [5.41, 5.74) is 2.67. The Hall–Kier alpha value is -2.48. The summed E-state index contributed by atoms with van der Waals surface area (Å²) < 4.78 is 13.7. The van der Waals surface area contributed by atoms with Crippen molar-refractivity contribution in [2.75, 3.05) is 6.54 Å². The van der Waals surface area contributed by atoms with E-state index in [-0.39, 0.29) is 49.1 Å². The van der Waals surface area contributed by atoms with Crippen molar-refractivity contribution >= 4 is 30.7 Å². The van der Waals surface area contributed by atoms with Crippen LogP contribution in [-0.2, 0) is 11.3 Å². The lowest BCUT2D eigenvalue weighted by Gasteiger charge is -2.22. The number of nitrogens with one attached hydrogen (secondary N) is 3. The Bertz CT molecular complexity index is 961. The molecule has 6 nitrogen and oxygen atoms in total. The summed E-state index contributed by atoms with van der Waals surface area (Å²) in [5, 5.41) is 6.17. The number of aromatic nitrogens is 3. The van der Waals surface area contributed by atoms with Crippen LogP contribution in [0, 0.1) is 5.82 Å². The molecular formula is C21H24Cl2FN5O. The molecule has 0 bridgehead atoms. The van der Waals surface area contributed by atoms with Gasteiger partial charge in [-0.15, -0.1) is 24.8 Å². The number of carbonyl (C=O) groups excluding carboxylic acids is 1. The van der Waals surface area contributed by atoms with Gasteiger partial charge in [0.25, 0.3) is 0 Å². The number of hydrogen-bond donors (Lipinski definition) is 3. The lowest BCUT2D eigenvalue weighted by Crippen LogP contribution is -2.46. The molecule has 9 heteroatoms. The second-order valence-corrected chi connectivity index (χ2v) is 6.85. The van der Waals surface area contributed by atoms with Crippen molar-refractivity contribution < 1.29 is 9.18 Å². The number of carbonyl (C=O) groups is 1. The van der Waals surface area contributed by atoms with Crippen LogP contribution < -0.4 is 10.6 Å². The first-order chi connectivity index (χ1) is 13.7. The minimum absolute atomic E-state index is 0. The van der Waals surface area contributed by atoms with E-state index in [1.165, 1.54) is 12.1 Å². The molecule has 3 heterocycles. The van der Waals surface area contributed by atoms with Crippen LogP contribution in [0.5, 0.6) is 0 Å². The third-order valence-electron chi connectivity index (χ3n) is 4.83. The summed E-state index contributed by atoms with van der Waals surface area (Å²) in [6.45, 7) is 1.14. The van der Waals surface area contributed by atoms with Crippen molar-refractivity contribution in [3.63, 3.8) is 0 Å². The summed E-state index contributed by atoms with van der Waals surface area (Å²) >= 11 is 0. The molecule has 2 aromatic heterocycles. The lowest BCUT2D eigenvalue weighted by molar-refractivity contribution is -0.123. The molecule has 1 amide bonds. The molecule has 160 valence electrons. The van der Waals surface area contributed by atoms with Gasteiger partial charge in [0.2, 0.25) is 5.91 Å². The number of hydrogen-bond acceptors (Lipinski definition) is 4. The molecule has 1 atom stereocenters. The highest BCUT2D eigenvalue weighted by Gasteiger charge is 2.21. The first kappa shape index (κ1) is 23.8. The van der Waals surface area contributed by atoms with Crippen LogP contribution in [0.15, 0.2) is 48.7 Å². The van der Waals surface area contributed by atoms with Gasteiger partial charge in [-0.3, -0.25) is 9.78 Å². The van der Waals surface area contributed by atoms with Gasteiger partial charge in [-0.1, -0.05) is 24.6 Å². The van der Waals surface area contributed by atoms with Gasteiger partial charge in [0, 0.05) is 11.8 Å². The first-order valence-electron chi connectivity index (χ1n) is 9.48. The number of rotatable bonds is 5. The van der Waals surface area contributed by atoms with E-state index >= 15 is 0 Å². The summed E-state index contributed by atoms with van der Waals surface area (Å²) in [6, 6.07) is 11.7. The number of nitrogens with zero attached hydrogens (tertiary/aromatic N) is 2. The molecule has 0 spiro atoms. The molecule has 3 aromatic rings. The smallest absolute Gasteiger partial charge is 0.237 e. The van der Waals surface area contributed by atoms with Crippen molar-refractivity contribution in [2.45, 2.75) is 31.8 Å². The Balaban J connectivity index is 0.00000160. The highest BCUT2D eigenvalue weighted by atomic mass is 35.5. The molecule has 4 rings (SSSR count). The molecule has 0 radical (unpaired) electrons. The first-order valence-corrected chi connectivity index (χ1v) is 9.48. The van der Waals surface area contributed by atoms with Crippen LogP contribution in [-0.4, -0.2) is 33.4 Å². The zero-order valence-electron chi connectivity index (χ0n) is 16.2. The van der Waals surface area contributed by atoms with Gasteiger partial charge < -0.3 is 15.6 Å². The number of pyridine rings is 1. The Morgan fingerprint density at radius 1 is 1.17 bits per heavy atom.